The summed E-state index contributed by atoms with van der Waals surface area (Å²) in [5.74, 6) is -0.697. The molecule has 0 aromatic heterocycles. The molecule has 4 rings (SSSR count). The number of carbonyl (C=O) groups is 2. The minimum atomic E-state index is -3.75. The van der Waals surface area contributed by atoms with Crippen LogP contribution in [0.4, 0.5) is 5.69 Å². The summed E-state index contributed by atoms with van der Waals surface area (Å²) in [5, 5.41) is 0. The molecule has 1 aliphatic heterocycles. The van der Waals surface area contributed by atoms with Crippen molar-refractivity contribution in [2.75, 3.05) is 17.9 Å². The Morgan fingerprint density at radius 3 is 2.24 bits per heavy atom. The first-order valence-electron chi connectivity index (χ1n) is 10.6. The highest BCUT2D eigenvalue weighted by molar-refractivity contribution is 7.92. The molecule has 0 unspecified atom stereocenters. The maximum Gasteiger partial charge on any atom is 0.331 e. The van der Waals surface area contributed by atoms with Crippen LogP contribution in [-0.2, 0) is 14.8 Å². The smallest absolute Gasteiger partial charge is 0.331 e. The van der Waals surface area contributed by atoms with Crippen molar-refractivity contribution in [2.24, 2.45) is 0 Å². The lowest BCUT2D eigenvalue weighted by atomic mass is 10.1. The molecule has 174 valence electrons. The minimum absolute atomic E-state index is 0.199. The van der Waals surface area contributed by atoms with Crippen LogP contribution in [0.2, 0.25) is 0 Å². The van der Waals surface area contributed by atoms with Gasteiger partial charge in [0.1, 0.15) is 12.3 Å². The van der Waals surface area contributed by atoms with Crippen molar-refractivity contribution >= 4 is 33.3 Å². The fraction of sp³-hybridized carbons (Fsp3) is 0.154. The number of sulfonamides is 1. The minimum Gasteiger partial charge on any atom is -0.425 e. The van der Waals surface area contributed by atoms with Crippen LogP contribution < -0.4 is 9.04 Å². The standard InChI is InChI=1S/C26H24N2O5S/c1-17-9-14-22(15-18(17)2)34(31,32)27(4)20-10-12-21(13-11-20)33-25(29)16-28-19(3)23-7-5-6-8-24(23)26(28)30/h5-15H,3,16H2,1-2,4H3. The summed E-state index contributed by atoms with van der Waals surface area (Å²) < 4.78 is 32.5. The zero-order valence-electron chi connectivity index (χ0n) is 19.1. The van der Waals surface area contributed by atoms with Gasteiger partial charge in [-0.15, -0.1) is 0 Å². The van der Waals surface area contributed by atoms with Gasteiger partial charge >= 0.3 is 5.97 Å². The number of carbonyl (C=O) groups excluding carboxylic acids is 2. The first kappa shape index (κ1) is 23.3. The number of fused-ring (bicyclic) bond motifs is 1. The van der Waals surface area contributed by atoms with Gasteiger partial charge in [0.05, 0.1) is 10.6 Å². The summed E-state index contributed by atoms with van der Waals surface area (Å²) in [6.45, 7) is 7.41. The second kappa shape index (κ2) is 8.79. The van der Waals surface area contributed by atoms with Crippen LogP contribution in [0.15, 0.2) is 78.2 Å². The third kappa shape index (κ3) is 4.20. The Kier molecular flexibility index (Phi) is 6.01. The highest BCUT2D eigenvalue weighted by Gasteiger charge is 2.32. The summed E-state index contributed by atoms with van der Waals surface area (Å²) in [6.07, 6.45) is 0. The van der Waals surface area contributed by atoms with Crippen molar-refractivity contribution in [3.8, 4) is 5.75 Å². The van der Waals surface area contributed by atoms with E-state index in [0.717, 1.165) is 11.1 Å². The molecule has 0 bridgehead atoms. The van der Waals surface area contributed by atoms with Gasteiger partial charge in [-0.2, -0.15) is 0 Å². The van der Waals surface area contributed by atoms with E-state index in [1.807, 2.05) is 13.8 Å². The number of hydrogen-bond acceptors (Lipinski definition) is 5. The van der Waals surface area contributed by atoms with Crippen LogP contribution in [0.3, 0.4) is 0 Å². The van der Waals surface area contributed by atoms with E-state index in [1.54, 1.807) is 54.6 Å². The summed E-state index contributed by atoms with van der Waals surface area (Å²) in [5.41, 5.74) is 3.95. The van der Waals surface area contributed by atoms with Gasteiger partial charge in [-0.25, -0.2) is 13.2 Å². The fourth-order valence-corrected chi connectivity index (χ4v) is 4.97. The van der Waals surface area contributed by atoms with E-state index in [-0.39, 0.29) is 23.1 Å². The third-order valence-electron chi connectivity index (χ3n) is 5.90. The molecule has 8 heteroatoms. The molecule has 0 N–H and O–H groups in total. The first-order valence-corrected chi connectivity index (χ1v) is 12.0. The molecule has 34 heavy (non-hydrogen) atoms. The molecule has 0 saturated heterocycles. The molecule has 0 fully saturated rings. The van der Waals surface area contributed by atoms with Gasteiger partial charge in [0.2, 0.25) is 0 Å². The Bertz CT molecular complexity index is 1380. The predicted octanol–water partition coefficient (Wildman–Crippen LogP) is 4.16. The van der Waals surface area contributed by atoms with E-state index in [9.17, 15) is 18.0 Å². The maximum atomic E-state index is 13.0. The monoisotopic (exact) mass is 476 g/mol. The van der Waals surface area contributed by atoms with E-state index in [1.165, 1.54) is 28.4 Å². The molecule has 0 spiro atoms. The second-order valence-corrected chi connectivity index (χ2v) is 10.0. The Balaban J connectivity index is 1.44. The Labute approximate surface area is 198 Å². The van der Waals surface area contributed by atoms with Crippen LogP contribution in [0.1, 0.15) is 27.0 Å². The van der Waals surface area contributed by atoms with Crippen LogP contribution in [0.25, 0.3) is 5.70 Å². The quantitative estimate of drug-likeness (QED) is 0.394. The number of esters is 1. The van der Waals surface area contributed by atoms with Crippen molar-refractivity contribution in [1.29, 1.82) is 0 Å². The van der Waals surface area contributed by atoms with E-state index < -0.39 is 16.0 Å². The number of rotatable bonds is 6. The van der Waals surface area contributed by atoms with Crippen molar-refractivity contribution in [3.05, 3.63) is 95.6 Å². The number of anilines is 1. The van der Waals surface area contributed by atoms with E-state index in [0.29, 0.717) is 22.5 Å². The predicted molar refractivity (Wildman–Crippen MR) is 130 cm³/mol. The molecule has 1 amide bonds. The van der Waals surface area contributed by atoms with Gasteiger partial charge in [-0.1, -0.05) is 30.8 Å². The molecular weight excluding hydrogens is 452 g/mol. The second-order valence-electron chi connectivity index (χ2n) is 8.07. The van der Waals surface area contributed by atoms with Crippen molar-refractivity contribution in [2.45, 2.75) is 18.7 Å². The van der Waals surface area contributed by atoms with Gasteiger partial charge in [0, 0.05) is 23.9 Å². The summed E-state index contributed by atoms with van der Waals surface area (Å²) in [4.78, 5) is 26.5. The van der Waals surface area contributed by atoms with E-state index in [2.05, 4.69) is 6.58 Å². The lowest BCUT2D eigenvalue weighted by Gasteiger charge is -2.20. The van der Waals surface area contributed by atoms with Gasteiger partial charge in [0.15, 0.2) is 0 Å². The molecular formula is C26H24N2O5S. The molecule has 7 nitrogen and oxygen atoms in total. The number of nitrogens with zero attached hydrogens (tertiary/aromatic N) is 2. The highest BCUT2D eigenvalue weighted by Crippen LogP contribution is 2.31. The Hall–Kier alpha value is -3.91. The number of aryl methyl sites for hydroxylation is 2. The Morgan fingerprint density at radius 2 is 1.62 bits per heavy atom. The molecule has 0 atom stereocenters. The van der Waals surface area contributed by atoms with Gasteiger partial charge in [-0.05, 0) is 67.4 Å². The van der Waals surface area contributed by atoms with E-state index in [4.69, 9.17) is 4.74 Å². The number of benzene rings is 3. The lowest BCUT2D eigenvalue weighted by molar-refractivity contribution is -0.134. The molecule has 3 aromatic carbocycles. The highest BCUT2D eigenvalue weighted by atomic mass is 32.2. The van der Waals surface area contributed by atoms with Crippen LogP contribution in [0.5, 0.6) is 5.75 Å². The molecule has 1 heterocycles. The van der Waals surface area contributed by atoms with Crippen molar-refractivity contribution < 1.29 is 22.7 Å². The van der Waals surface area contributed by atoms with Gasteiger partial charge in [-0.3, -0.25) is 14.0 Å². The summed E-state index contributed by atoms with van der Waals surface area (Å²) >= 11 is 0. The van der Waals surface area contributed by atoms with Crippen LogP contribution in [-0.4, -0.2) is 38.8 Å². The van der Waals surface area contributed by atoms with Gasteiger partial charge < -0.3 is 4.74 Å². The van der Waals surface area contributed by atoms with Crippen LogP contribution >= 0.6 is 0 Å². The van der Waals surface area contributed by atoms with Gasteiger partial charge in [0.25, 0.3) is 15.9 Å². The average Bonchev–Trinajstić information content (AvgIpc) is 3.05. The normalized spacial score (nSPS) is 13.1. The lowest BCUT2D eigenvalue weighted by Crippen LogP contribution is -2.31. The molecule has 3 aromatic rings. The summed E-state index contributed by atoms with van der Waals surface area (Å²) in [6, 6.07) is 18.1. The van der Waals surface area contributed by atoms with Crippen molar-refractivity contribution in [1.82, 2.24) is 4.90 Å². The maximum absolute atomic E-state index is 13.0. The molecule has 0 aliphatic carbocycles. The first-order chi connectivity index (χ1) is 16.1. The third-order valence-corrected chi connectivity index (χ3v) is 7.68. The number of ether oxygens (including phenoxy) is 1. The largest absolute Gasteiger partial charge is 0.425 e. The molecule has 1 aliphatic rings. The van der Waals surface area contributed by atoms with Crippen LogP contribution in [0, 0.1) is 13.8 Å². The number of amides is 1. The zero-order valence-corrected chi connectivity index (χ0v) is 19.9. The van der Waals surface area contributed by atoms with E-state index >= 15 is 0 Å². The average molecular weight is 477 g/mol. The number of hydrogen-bond donors (Lipinski definition) is 0. The zero-order chi connectivity index (χ0) is 24.6. The fourth-order valence-electron chi connectivity index (χ4n) is 3.69. The topological polar surface area (TPSA) is 84.0 Å². The Morgan fingerprint density at radius 1 is 0.971 bits per heavy atom. The molecule has 0 radical (unpaired) electrons. The van der Waals surface area contributed by atoms with Crippen molar-refractivity contribution in [3.63, 3.8) is 0 Å². The summed E-state index contributed by atoms with van der Waals surface area (Å²) in [7, 11) is -2.28. The molecule has 0 saturated carbocycles. The SMILES string of the molecule is C=C1c2ccccc2C(=O)N1CC(=O)Oc1ccc(N(C)S(=O)(=O)c2ccc(C)c(C)c2)cc1.